The molecule has 0 unspecified atom stereocenters. The lowest BCUT2D eigenvalue weighted by atomic mass is 10.2. The van der Waals surface area contributed by atoms with Crippen LogP contribution >= 0.6 is 35.6 Å². The maximum Gasteiger partial charge on any atom is 0.191 e. The van der Waals surface area contributed by atoms with Crippen LogP contribution in [0.4, 0.5) is 0 Å². The van der Waals surface area contributed by atoms with Crippen molar-refractivity contribution in [3.8, 4) is 11.5 Å². The fourth-order valence-corrected chi connectivity index (χ4v) is 2.84. The molecule has 26 heavy (non-hydrogen) atoms. The number of rotatable bonds is 5. The first-order valence-electron chi connectivity index (χ1n) is 8.31. The molecule has 1 aliphatic heterocycles. The summed E-state index contributed by atoms with van der Waals surface area (Å²) in [5.41, 5.74) is 1.00. The standard InChI is InChI=1S/C18H22ClN3O3.HI/c1-20-18(21-6-5-14-4-2-7-23-14)22-12-13-10-15(19)17-16(11-13)24-8-3-9-25-17;/h2,4,7,10-11H,3,5-6,8-9,12H2,1H3,(H2,20,21,22);1H. The number of furan rings is 1. The first-order valence-corrected chi connectivity index (χ1v) is 8.69. The number of fused-ring (bicyclic) bond motifs is 1. The van der Waals surface area contributed by atoms with Gasteiger partial charge in [-0.05, 0) is 29.8 Å². The Bertz CT molecular complexity index is 723. The maximum atomic E-state index is 6.32. The molecule has 0 spiro atoms. The van der Waals surface area contributed by atoms with E-state index in [9.17, 15) is 0 Å². The molecule has 2 N–H and O–H groups in total. The van der Waals surface area contributed by atoms with Crippen LogP contribution in [0.1, 0.15) is 17.7 Å². The molecule has 0 amide bonds. The van der Waals surface area contributed by atoms with E-state index in [1.54, 1.807) is 13.3 Å². The Morgan fingerprint density at radius 1 is 1.23 bits per heavy atom. The predicted octanol–water partition coefficient (Wildman–Crippen LogP) is 3.62. The third-order valence-corrected chi connectivity index (χ3v) is 4.07. The van der Waals surface area contributed by atoms with Gasteiger partial charge < -0.3 is 24.5 Å². The van der Waals surface area contributed by atoms with Crippen molar-refractivity contribution < 1.29 is 13.9 Å². The molecule has 3 rings (SSSR count). The molecule has 0 saturated heterocycles. The highest BCUT2D eigenvalue weighted by atomic mass is 127. The highest BCUT2D eigenvalue weighted by Crippen LogP contribution is 2.37. The van der Waals surface area contributed by atoms with Crippen LogP contribution in [0.15, 0.2) is 39.9 Å². The first kappa shape index (κ1) is 20.7. The number of hydrogen-bond acceptors (Lipinski definition) is 4. The summed E-state index contributed by atoms with van der Waals surface area (Å²) in [5.74, 6) is 2.99. The Balaban J connectivity index is 0.00000243. The van der Waals surface area contributed by atoms with Crippen LogP contribution in [0.3, 0.4) is 0 Å². The smallest absolute Gasteiger partial charge is 0.191 e. The molecule has 8 heteroatoms. The Morgan fingerprint density at radius 2 is 2.08 bits per heavy atom. The molecule has 0 fully saturated rings. The second-order valence-corrected chi connectivity index (χ2v) is 6.04. The lowest BCUT2D eigenvalue weighted by molar-refractivity contribution is 0.297. The van der Waals surface area contributed by atoms with Crippen molar-refractivity contribution >= 4 is 41.5 Å². The van der Waals surface area contributed by atoms with E-state index < -0.39 is 0 Å². The number of benzene rings is 1. The zero-order valence-corrected chi connectivity index (χ0v) is 17.7. The number of guanidine groups is 1. The van der Waals surface area contributed by atoms with Crippen LogP contribution in [0, 0.1) is 0 Å². The minimum absolute atomic E-state index is 0. The molecule has 1 aromatic carbocycles. The number of aliphatic imine (C=N–C) groups is 1. The van der Waals surface area contributed by atoms with Gasteiger partial charge in [0.1, 0.15) is 5.76 Å². The molecule has 142 valence electrons. The van der Waals surface area contributed by atoms with E-state index in [1.165, 1.54) is 0 Å². The van der Waals surface area contributed by atoms with Gasteiger partial charge in [0, 0.05) is 33.0 Å². The minimum Gasteiger partial charge on any atom is -0.489 e. The van der Waals surface area contributed by atoms with E-state index in [1.807, 2.05) is 24.3 Å². The molecular formula is C18H23ClIN3O3. The fourth-order valence-electron chi connectivity index (χ4n) is 2.55. The van der Waals surface area contributed by atoms with E-state index >= 15 is 0 Å². The van der Waals surface area contributed by atoms with Crippen LogP contribution < -0.4 is 20.1 Å². The van der Waals surface area contributed by atoms with Crippen LogP contribution in [0.25, 0.3) is 0 Å². The van der Waals surface area contributed by atoms with Crippen LogP contribution in [0.2, 0.25) is 5.02 Å². The summed E-state index contributed by atoms with van der Waals surface area (Å²) >= 11 is 6.32. The Kier molecular flexibility index (Phi) is 8.37. The van der Waals surface area contributed by atoms with Crippen molar-refractivity contribution in [3.05, 3.63) is 46.9 Å². The van der Waals surface area contributed by atoms with Crippen molar-refractivity contribution in [2.24, 2.45) is 4.99 Å². The van der Waals surface area contributed by atoms with Crippen molar-refractivity contribution in [2.45, 2.75) is 19.4 Å². The normalized spacial score (nSPS) is 13.5. The third kappa shape index (κ3) is 5.70. The molecule has 2 heterocycles. The van der Waals surface area contributed by atoms with Gasteiger partial charge in [0.05, 0.1) is 24.5 Å². The molecule has 0 atom stereocenters. The Morgan fingerprint density at radius 3 is 2.85 bits per heavy atom. The van der Waals surface area contributed by atoms with E-state index in [0.29, 0.717) is 36.3 Å². The predicted molar refractivity (Wildman–Crippen MR) is 113 cm³/mol. The summed E-state index contributed by atoms with van der Waals surface area (Å²) in [4.78, 5) is 4.22. The summed E-state index contributed by atoms with van der Waals surface area (Å²) in [6.45, 7) is 2.57. The molecule has 0 saturated carbocycles. The lowest BCUT2D eigenvalue weighted by Crippen LogP contribution is -2.37. The van der Waals surface area contributed by atoms with Gasteiger partial charge in [0.2, 0.25) is 0 Å². The van der Waals surface area contributed by atoms with E-state index in [4.69, 9.17) is 25.5 Å². The summed E-state index contributed by atoms with van der Waals surface area (Å²) in [7, 11) is 1.74. The summed E-state index contributed by atoms with van der Waals surface area (Å²) in [5, 5.41) is 7.09. The van der Waals surface area contributed by atoms with Gasteiger partial charge in [-0.15, -0.1) is 24.0 Å². The topological polar surface area (TPSA) is 68.0 Å². The summed E-state index contributed by atoms with van der Waals surface area (Å²) in [6, 6.07) is 7.68. The SMILES string of the molecule is CN=C(NCCc1ccco1)NCc1cc(Cl)c2c(c1)OCCCO2.I. The highest BCUT2D eigenvalue weighted by molar-refractivity contribution is 14.0. The summed E-state index contributed by atoms with van der Waals surface area (Å²) < 4.78 is 16.7. The molecule has 1 aromatic heterocycles. The van der Waals surface area contributed by atoms with Gasteiger partial charge in [-0.2, -0.15) is 0 Å². The largest absolute Gasteiger partial charge is 0.489 e. The molecule has 0 bridgehead atoms. The minimum atomic E-state index is 0. The average molecular weight is 492 g/mol. The zero-order valence-electron chi connectivity index (χ0n) is 14.6. The quantitative estimate of drug-likeness (QED) is 0.380. The van der Waals surface area contributed by atoms with Crippen molar-refractivity contribution in [1.82, 2.24) is 10.6 Å². The monoisotopic (exact) mass is 491 g/mol. The average Bonchev–Trinajstić information content (AvgIpc) is 3.01. The molecule has 1 aliphatic rings. The van der Waals surface area contributed by atoms with E-state index in [2.05, 4.69) is 15.6 Å². The van der Waals surface area contributed by atoms with Gasteiger partial charge in [-0.25, -0.2) is 0 Å². The highest BCUT2D eigenvalue weighted by Gasteiger charge is 2.15. The van der Waals surface area contributed by atoms with Gasteiger partial charge in [0.25, 0.3) is 0 Å². The first-order chi connectivity index (χ1) is 12.3. The fraction of sp³-hybridized carbons (Fsp3) is 0.389. The Hall–Kier alpha value is -1.61. The number of halogens is 2. The third-order valence-electron chi connectivity index (χ3n) is 3.79. The molecule has 6 nitrogen and oxygen atoms in total. The summed E-state index contributed by atoms with van der Waals surface area (Å²) in [6.07, 6.45) is 3.32. The molecule has 2 aromatic rings. The van der Waals surface area contributed by atoms with Crippen LogP contribution in [0.5, 0.6) is 11.5 Å². The number of hydrogen-bond donors (Lipinski definition) is 2. The number of nitrogens with zero attached hydrogens (tertiary/aromatic N) is 1. The lowest BCUT2D eigenvalue weighted by Gasteiger charge is -2.14. The van der Waals surface area contributed by atoms with Gasteiger partial charge >= 0.3 is 0 Å². The number of nitrogens with one attached hydrogen (secondary N) is 2. The van der Waals surface area contributed by atoms with Gasteiger partial charge in [-0.3, -0.25) is 4.99 Å². The van der Waals surface area contributed by atoms with E-state index in [0.717, 1.165) is 36.7 Å². The van der Waals surface area contributed by atoms with E-state index in [-0.39, 0.29) is 24.0 Å². The van der Waals surface area contributed by atoms with Crippen LogP contribution in [-0.4, -0.2) is 32.8 Å². The van der Waals surface area contributed by atoms with Gasteiger partial charge in [0.15, 0.2) is 17.5 Å². The van der Waals surface area contributed by atoms with Gasteiger partial charge in [-0.1, -0.05) is 11.6 Å². The molecule has 0 radical (unpaired) electrons. The van der Waals surface area contributed by atoms with Crippen molar-refractivity contribution in [3.63, 3.8) is 0 Å². The zero-order chi connectivity index (χ0) is 17.5. The Labute approximate surface area is 175 Å². The molecular weight excluding hydrogens is 469 g/mol. The van der Waals surface area contributed by atoms with Crippen molar-refractivity contribution in [2.75, 3.05) is 26.8 Å². The second-order valence-electron chi connectivity index (χ2n) is 5.64. The van der Waals surface area contributed by atoms with Crippen LogP contribution in [-0.2, 0) is 13.0 Å². The number of ether oxygens (including phenoxy) is 2. The maximum absolute atomic E-state index is 6.32. The molecule has 0 aliphatic carbocycles. The van der Waals surface area contributed by atoms with Crippen molar-refractivity contribution in [1.29, 1.82) is 0 Å². The second kappa shape index (κ2) is 10.5.